The van der Waals surface area contributed by atoms with Crippen molar-refractivity contribution in [2.45, 2.75) is 102 Å². The zero-order valence-electron chi connectivity index (χ0n) is 28.0. The molecule has 2 aliphatic heterocycles. The number of piperazine rings is 1. The number of likely N-dealkylation sites (tertiary alicyclic amines) is 1. The second kappa shape index (κ2) is 13.2. The summed E-state index contributed by atoms with van der Waals surface area (Å²) in [5.74, 6) is 0.872. The normalized spacial score (nSPS) is 21.7. The Hall–Kier alpha value is -3.61. The van der Waals surface area contributed by atoms with Crippen molar-refractivity contribution in [1.29, 1.82) is 0 Å². The molecule has 2 saturated heterocycles. The number of amides is 2. The third-order valence-corrected chi connectivity index (χ3v) is 9.37. The Bertz CT molecular complexity index is 1530. The second-order valence-corrected chi connectivity index (χ2v) is 14.1. The van der Waals surface area contributed by atoms with Gasteiger partial charge in [-0.15, -0.1) is 0 Å². The number of nitrogens with zero attached hydrogens (tertiary/aromatic N) is 7. The number of ether oxygens (including phenoxy) is 2. The van der Waals surface area contributed by atoms with Gasteiger partial charge in [0.25, 0.3) is 11.8 Å². The lowest BCUT2D eigenvalue weighted by Crippen LogP contribution is -2.60. The minimum absolute atomic E-state index is 0.0294. The van der Waals surface area contributed by atoms with Crippen LogP contribution in [0.5, 0.6) is 0 Å². The molecule has 6 rings (SSSR count). The summed E-state index contributed by atoms with van der Waals surface area (Å²) in [6.45, 7) is 7.32. The molecule has 0 radical (unpaired) electrons. The minimum Gasteiger partial charge on any atom is -0.343 e. The maximum Gasteiger partial charge on any atom is 0.270 e. The molecule has 1 aliphatic carbocycles. The van der Waals surface area contributed by atoms with Gasteiger partial charge in [-0.3, -0.25) is 9.59 Å². The van der Waals surface area contributed by atoms with E-state index in [0.717, 1.165) is 49.6 Å². The van der Waals surface area contributed by atoms with Crippen LogP contribution in [0.2, 0.25) is 0 Å². The largest absolute Gasteiger partial charge is 0.343 e. The van der Waals surface area contributed by atoms with Crippen molar-refractivity contribution in [1.82, 2.24) is 34.2 Å². The van der Waals surface area contributed by atoms with E-state index in [-0.39, 0.29) is 35.5 Å². The Labute approximate surface area is 271 Å². The molecule has 46 heavy (non-hydrogen) atoms. The highest BCUT2D eigenvalue weighted by Gasteiger charge is 2.46. The van der Waals surface area contributed by atoms with Gasteiger partial charge in [0.05, 0.1) is 11.2 Å². The van der Waals surface area contributed by atoms with Gasteiger partial charge in [0, 0.05) is 70.2 Å². The van der Waals surface area contributed by atoms with Crippen LogP contribution in [-0.2, 0) is 9.47 Å². The smallest absolute Gasteiger partial charge is 0.270 e. The molecular formula is C34H48N8O4. The van der Waals surface area contributed by atoms with Crippen molar-refractivity contribution in [3.05, 3.63) is 41.9 Å². The van der Waals surface area contributed by atoms with Gasteiger partial charge in [-0.25, -0.2) is 14.9 Å². The lowest BCUT2D eigenvalue weighted by Gasteiger charge is -2.45. The molecule has 2 amide bonds. The number of carbonyl (C=O) groups is 2. The van der Waals surface area contributed by atoms with Crippen LogP contribution < -0.4 is 5.32 Å². The van der Waals surface area contributed by atoms with Crippen molar-refractivity contribution in [2.75, 3.05) is 39.6 Å². The number of anilines is 2. The first-order valence-electron chi connectivity index (χ1n) is 16.6. The fraction of sp³-hybridized carbons (Fsp3) is 0.618. The average Bonchev–Trinajstić information content (AvgIpc) is 3.36. The summed E-state index contributed by atoms with van der Waals surface area (Å²) < 4.78 is 14.0. The Morgan fingerprint density at radius 2 is 1.65 bits per heavy atom. The first-order valence-corrected chi connectivity index (χ1v) is 16.6. The van der Waals surface area contributed by atoms with E-state index in [2.05, 4.69) is 24.8 Å². The molecule has 3 aliphatic rings. The summed E-state index contributed by atoms with van der Waals surface area (Å²) in [6, 6.07) is 6.07. The monoisotopic (exact) mass is 632 g/mol. The number of fused-ring (bicyclic) bond motifs is 3. The molecule has 3 atom stereocenters. The highest BCUT2D eigenvalue weighted by molar-refractivity contribution is 5.98. The molecule has 3 unspecified atom stereocenters. The summed E-state index contributed by atoms with van der Waals surface area (Å²) in [4.78, 5) is 46.5. The lowest BCUT2D eigenvalue weighted by atomic mass is 10.1. The number of rotatable bonds is 8. The summed E-state index contributed by atoms with van der Waals surface area (Å²) in [7, 11) is 5.23. The fourth-order valence-corrected chi connectivity index (χ4v) is 7.22. The molecule has 12 nitrogen and oxygen atoms in total. The number of hydrogen-bond donors (Lipinski definition) is 1. The number of hydrogen-bond acceptors (Lipinski definition) is 9. The van der Waals surface area contributed by atoms with E-state index in [4.69, 9.17) is 14.5 Å². The first kappa shape index (κ1) is 32.3. The van der Waals surface area contributed by atoms with E-state index in [1.54, 1.807) is 50.6 Å². The van der Waals surface area contributed by atoms with Gasteiger partial charge in [-0.1, -0.05) is 25.7 Å². The summed E-state index contributed by atoms with van der Waals surface area (Å²) in [5.41, 5.74) is 1.60. The maximum absolute atomic E-state index is 13.6. The third-order valence-electron chi connectivity index (χ3n) is 9.37. The van der Waals surface area contributed by atoms with Gasteiger partial charge in [0.2, 0.25) is 12.4 Å². The predicted molar refractivity (Wildman–Crippen MR) is 176 cm³/mol. The van der Waals surface area contributed by atoms with Crippen LogP contribution >= 0.6 is 0 Å². The van der Waals surface area contributed by atoms with Crippen LogP contribution in [0, 0.1) is 0 Å². The Balaban J connectivity index is 1.17. The molecule has 0 aromatic carbocycles. The molecule has 1 N–H and O–H groups in total. The number of nitrogens with one attached hydrogen (secondary N) is 1. The number of methoxy groups -OCH3 is 1. The van der Waals surface area contributed by atoms with E-state index >= 15 is 0 Å². The standard InChI is InChI=1S/C34H48N8O4/c1-34(2,3)46-33(45-6)41-25-14-15-26(41)21-40(20-25)30(43)22-13-16-28(35-18-22)37-32-36-19-23-17-27(31(44)39(4)5)42(29(23)38-32)24-11-9-7-8-10-12-24/h13,16-19,24-26,33H,7-12,14-15,20-21H2,1-6H3,(H,35,36,37,38). The molecule has 3 aromatic rings. The second-order valence-electron chi connectivity index (χ2n) is 14.1. The van der Waals surface area contributed by atoms with Crippen LogP contribution in [-0.4, -0.2) is 104 Å². The van der Waals surface area contributed by atoms with E-state index in [0.29, 0.717) is 36.1 Å². The van der Waals surface area contributed by atoms with Gasteiger partial charge >= 0.3 is 0 Å². The van der Waals surface area contributed by atoms with Crippen molar-refractivity contribution in [2.24, 2.45) is 0 Å². The van der Waals surface area contributed by atoms with Crippen molar-refractivity contribution in [3.63, 3.8) is 0 Å². The van der Waals surface area contributed by atoms with Crippen molar-refractivity contribution in [3.8, 4) is 0 Å². The summed E-state index contributed by atoms with van der Waals surface area (Å²) >= 11 is 0. The Morgan fingerprint density at radius 1 is 0.957 bits per heavy atom. The van der Waals surface area contributed by atoms with Crippen LogP contribution in [0.4, 0.5) is 11.8 Å². The molecule has 3 aromatic heterocycles. The summed E-state index contributed by atoms with van der Waals surface area (Å²) in [5, 5.41) is 4.05. The fourth-order valence-electron chi connectivity index (χ4n) is 7.22. The molecule has 248 valence electrons. The van der Waals surface area contributed by atoms with Gasteiger partial charge in [0.1, 0.15) is 17.2 Å². The number of aromatic nitrogens is 4. The minimum atomic E-state index is -0.432. The predicted octanol–water partition coefficient (Wildman–Crippen LogP) is 5.20. The highest BCUT2D eigenvalue weighted by Crippen LogP contribution is 2.35. The Kier molecular flexibility index (Phi) is 9.31. The van der Waals surface area contributed by atoms with Crippen LogP contribution in [0.25, 0.3) is 11.0 Å². The maximum atomic E-state index is 13.6. The summed E-state index contributed by atoms with van der Waals surface area (Å²) in [6.07, 6.45) is 11.7. The van der Waals surface area contributed by atoms with Crippen molar-refractivity contribution >= 4 is 34.6 Å². The molecular weight excluding hydrogens is 584 g/mol. The van der Waals surface area contributed by atoms with Crippen molar-refractivity contribution < 1.29 is 19.1 Å². The Morgan fingerprint density at radius 3 is 2.24 bits per heavy atom. The lowest BCUT2D eigenvalue weighted by molar-refractivity contribution is -0.269. The quantitative estimate of drug-likeness (QED) is 0.264. The van der Waals surface area contributed by atoms with E-state index in [1.165, 1.54) is 12.8 Å². The molecule has 3 fully saturated rings. The van der Waals surface area contributed by atoms with Crippen LogP contribution in [0.3, 0.4) is 0 Å². The zero-order chi connectivity index (χ0) is 32.6. The number of pyridine rings is 1. The van der Waals surface area contributed by atoms with E-state index in [1.807, 2.05) is 31.7 Å². The first-order chi connectivity index (χ1) is 22.0. The molecule has 2 bridgehead atoms. The van der Waals surface area contributed by atoms with Gasteiger partial charge < -0.3 is 29.2 Å². The molecule has 1 saturated carbocycles. The van der Waals surface area contributed by atoms with Gasteiger partial charge in [-0.2, -0.15) is 4.98 Å². The SMILES string of the molecule is COC(OC(C)(C)C)N1C2CCC1CN(C(=O)c1ccc(Nc3ncc4cc(C(=O)N(C)C)n(C5CCCCCC5)c4n3)nc1)C2. The van der Waals surface area contributed by atoms with E-state index in [9.17, 15) is 9.59 Å². The zero-order valence-corrected chi connectivity index (χ0v) is 28.0. The molecule has 0 spiro atoms. The van der Waals surface area contributed by atoms with Crippen LogP contribution in [0.1, 0.15) is 99.0 Å². The molecule has 12 heteroatoms. The van der Waals surface area contributed by atoms with Gasteiger partial charge in [0.15, 0.2) is 0 Å². The van der Waals surface area contributed by atoms with Crippen LogP contribution in [0.15, 0.2) is 30.6 Å². The third kappa shape index (κ3) is 6.74. The number of carbonyl (C=O) groups excluding carboxylic acids is 2. The average molecular weight is 633 g/mol. The molecule has 5 heterocycles. The highest BCUT2D eigenvalue weighted by atomic mass is 16.7. The van der Waals surface area contributed by atoms with Gasteiger partial charge in [-0.05, 0) is 64.7 Å². The van der Waals surface area contributed by atoms with E-state index < -0.39 is 6.41 Å². The topological polar surface area (TPSA) is 118 Å².